The Bertz CT molecular complexity index is 641. The van der Waals surface area contributed by atoms with E-state index in [1.807, 2.05) is 13.8 Å². The monoisotopic (exact) mass is 315 g/mol. The van der Waals surface area contributed by atoms with E-state index in [1.165, 1.54) is 24.0 Å². The highest BCUT2D eigenvalue weighted by atomic mass is 16.2. The molecule has 2 atom stereocenters. The number of hydrogen-bond donors (Lipinski definition) is 2. The summed E-state index contributed by atoms with van der Waals surface area (Å²) >= 11 is 0. The van der Waals surface area contributed by atoms with E-state index in [2.05, 4.69) is 17.4 Å². The van der Waals surface area contributed by atoms with Gasteiger partial charge in [-0.2, -0.15) is 0 Å². The standard InChI is InChI=1S/C18H25N3O2/c1-3-13-18(23)21(15(4-2)17(19)22)16-10-12-8-6-5-7-11(12)9-14(16)20-13/h9-10,13,15,20H,3-8H2,1-2H3,(H2,19,22). The molecule has 1 aliphatic heterocycles. The number of nitrogens with zero attached hydrogens (tertiary/aromatic N) is 1. The first-order chi connectivity index (χ1) is 11.1. The highest BCUT2D eigenvalue weighted by Crippen LogP contribution is 2.38. The lowest BCUT2D eigenvalue weighted by Gasteiger charge is -2.39. The third-order valence-electron chi connectivity index (χ3n) is 5.02. The molecular weight excluding hydrogens is 290 g/mol. The average molecular weight is 315 g/mol. The van der Waals surface area contributed by atoms with Crippen molar-refractivity contribution in [1.29, 1.82) is 0 Å². The summed E-state index contributed by atoms with van der Waals surface area (Å²) in [4.78, 5) is 26.4. The van der Waals surface area contributed by atoms with Gasteiger partial charge in [0.15, 0.2) is 0 Å². The smallest absolute Gasteiger partial charge is 0.250 e. The van der Waals surface area contributed by atoms with Crippen LogP contribution in [0.5, 0.6) is 0 Å². The number of hydrogen-bond acceptors (Lipinski definition) is 3. The quantitative estimate of drug-likeness (QED) is 0.895. The largest absolute Gasteiger partial charge is 0.372 e. The van der Waals surface area contributed by atoms with E-state index in [1.54, 1.807) is 4.90 Å². The lowest BCUT2D eigenvalue weighted by molar-refractivity contribution is -0.125. The molecule has 3 N–H and O–H groups in total. The molecule has 3 rings (SSSR count). The molecule has 0 saturated heterocycles. The van der Waals surface area contributed by atoms with E-state index in [-0.39, 0.29) is 11.9 Å². The molecule has 0 fully saturated rings. The number of fused-ring (bicyclic) bond motifs is 2. The Balaban J connectivity index is 2.12. The zero-order valence-electron chi connectivity index (χ0n) is 13.9. The summed E-state index contributed by atoms with van der Waals surface area (Å²) < 4.78 is 0. The van der Waals surface area contributed by atoms with Gasteiger partial charge in [-0.15, -0.1) is 0 Å². The molecule has 124 valence electrons. The second-order valence-corrected chi connectivity index (χ2v) is 6.49. The number of carbonyl (C=O) groups is 2. The van der Waals surface area contributed by atoms with Crippen LogP contribution >= 0.6 is 0 Å². The molecule has 1 aromatic carbocycles. The van der Waals surface area contributed by atoms with Crippen molar-refractivity contribution >= 4 is 23.2 Å². The SMILES string of the molecule is CCC1Nc2cc3c(cc2N(C(CC)C(N)=O)C1=O)CCCC3. The Morgan fingerprint density at radius 2 is 1.96 bits per heavy atom. The van der Waals surface area contributed by atoms with Crippen molar-refractivity contribution in [3.63, 3.8) is 0 Å². The fraction of sp³-hybridized carbons (Fsp3) is 0.556. The van der Waals surface area contributed by atoms with E-state index in [4.69, 9.17) is 5.73 Å². The van der Waals surface area contributed by atoms with Gasteiger partial charge in [-0.25, -0.2) is 0 Å². The Morgan fingerprint density at radius 3 is 2.52 bits per heavy atom. The van der Waals surface area contributed by atoms with Gasteiger partial charge in [0.1, 0.15) is 12.1 Å². The summed E-state index contributed by atoms with van der Waals surface area (Å²) in [6.45, 7) is 3.87. The molecule has 2 amide bonds. The molecule has 0 spiro atoms. The molecular formula is C18H25N3O2. The first kappa shape index (κ1) is 15.8. The molecule has 1 aliphatic carbocycles. The van der Waals surface area contributed by atoms with Gasteiger partial charge in [0.05, 0.1) is 11.4 Å². The first-order valence-corrected chi connectivity index (χ1v) is 8.61. The van der Waals surface area contributed by atoms with Gasteiger partial charge in [0.25, 0.3) is 0 Å². The Labute approximate surface area is 137 Å². The van der Waals surface area contributed by atoms with Gasteiger partial charge < -0.3 is 11.1 Å². The molecule has 2 aliphatic rings. The highest BCUT2D eigenvalue weighted by Gasteiger charge is 2.38. The van der Waals surface area contributed by atoms with E-state index >= 15 is 0 Å². The van der Waals surface area contributed by atoms with Crippen LogP contribution in [0.2, 0.25) is 0 Å². The van der Waals surface area contributed by atoms with Crippen LogP contribution in [0, 0.1) is 0 Å². The molecule has 5 heteroatoms. The Hall–Kier alpha value is -2.04. The summed E-state index contributed by atoms with van der Waals surface area (Å²) in [5, 5.41) is 3.35. The van der Waals surface area contributed by atoms with Crippen molar-refractivity contribution < 1.29 is 9.59 Å². The van der Waals surface area contributed by atoms with Crippen LogP contribution in [0.1, 0.15) is 50.7 Å². The van der Waals surface area contributed by atoms with Crippen molar-refractivity contribution in [3.05, 3.63) is 23.3 Å². The fourth-order valence-electron chi connectivity index (χ4n) is 3.73. The van der Waals surface area contributed by atoms with E-state index in [9.17, 15) is 9.59 Å². The molecule has 1 heterocycles. The lowest BCUT2D eigenvalue weighted by atomic mass is 9.89. The number of nitrogens with one attached hydrogen (secondary N) is 1. The third kappa shape index (κ3) is 2.69. The van der Waals surface area contributed by atoms with Crippen molar-refractivity contribution in [1.82, 2.24) is 0 Å². The van der Waals surface area contributed by atoms with Gasteiger partial charge in [0, 0.05) is 0 Å². The molecule has 0 radical (unpaired) electrons. The molecule has 0 aromatic heterocycles. The summed E-state index contributed by atoms with van der Waals surface area (Å²) in [6.07, 6.45) is 5.72. The number of aryl methyl sites for hydroxylation is 2. The van der Waals surface area contributed by atoms with Crippen LogP contribution in [0.3, 0.4) is 0 Å². The van der Waals surface area contributed by atoms with Crippen molar-refractivity contribution in [2.75, 3.05) is 10.2 Å². The predicted molar refractivity (Wildman–Crippen MR) is 91.5 cm³/mol. The van der Waals surface area contributed by atoms with Crippen molar-refractivity contribution in [2.24, 2.45) is 5.73 Å². The van der Waals surface area contributed by atoms with Gasteiger partial charge in [-0.1, -0.05) is 13.8 Å². The van der Waals surface area contributed by atoms with Gasteiger partial charge in [0.2, 0.25) is 11.8 Å². The maximum atomic E-state index is 12.8. The third-order valence-corrected chi connectivity index (χ3v) is 5.02. The van der Waals surface area contributed by atoms with Crippen molar-refractivity contribution in [3.8, 4) is 0 Å². The molecule has 23 heavy (non-hydrogen) atoms. The minimum absolute atomic E-state index is 0.0543. The highest BCUT2D eigenvalue weighted by molar-refractivity contribution is 6.09. The van der Waals surface area contributed by atoms with E-state index in [0.29, 0.717) is 12.8 Å². The molecule has 2 unspecified atom stereocenters. The second-order valence-electron chi connectivity index (χ2n) is 6.49. The summed E-state index contributed by atoms with van der Waals surface area (Å²) in [7, 11) is 0. The summed E-state index contributed by atoms with van der Waals surface area (Å²) in [6, 6.07) is 3.38. The Kier molecular flexibility index (Phi) is 4.28. The van der Waals surface area contributed by atoms with Crippen molar-refractivity contribution in [2.45, 2.75) is 64.5 Å². The van der Waals surface area contributed by atoms with Crippen LogP contribution in [0.25, 0.3) is 0 Å². The molecule has 0 bridgehead atoms. The van der Waals surface area contributed by atoms with Crippen LogP contribution in [-0.2, 0) is 22.4 Å². The van der Waals surface area contributed by atoms with Crippen LogP contribution in [0.4, 0.5) is 11.4 Å². The average Bonchev–Trinajstić information content (AvgIpc) is 2.55. The number of rotatable bonds is 4. The van der Waals surface area contributed by atoms with Gasteiger partial charge in [-0.3, -0.25) is 14.5 Å². The minimum atomic E-state index is -0.584. The van der Waals surface area contributed by atoms with Crippen LogP contribution < -0.4 is 16.0 Å². The zero-order valence-corrected chi connectivity index (χ0v) is 13.9. The maximum absolute atomic E-state index is 12.8. The second kappa shape index (κ2) is 6.22. The number of benzene rings is 1. The van der Waals surface area contributed by atoms with Crippen LogP contribution in [0.15, 0.2) is 12.1 Å². The fourth-order valence-corrected chi connectivity index (χ4v) is 3.73. The summed E-state index contributed by atoms with van der Waals surface area (Å²) in [5.41, 5.74) is 9.99. The van der Waals surface area contributed by atoms with Gasteiger partial charge in [-0.05, 0) is 61.8 Å². The van der Waals surface area contributed by atoms with E-state index in [0.717, 1.165) is 24.2 Å². The first-order valence-electron chi connectivity index (χ1n) is 8.61. The number of amides is 2. The van der Waals surface area contributed by atoms with Crippen LogP contribution in [-0.4, -0.2) is 23.9 Å². The normalized spacial score (nSPS) is 21.2. The molecule has 1 aromatic rings. The summed E-state index contributed by atoms with van der Waals surface area (Å²) in [5.74, 6) is -0.498. The predicted octanol–water partition coefficient (Wildman–Crippen LogP) is 2.37. The number of carbonyl (C=O) groups excluding carboxylic acids is 2. The zero-order chi connectivity index (χ0) is 16.6. The minimum Gasteiger partial charge on any atom is -0.372 e. The lowest BCUT2D eigenvalue weighted by Crippen LogP contribution is -2.55. The number of nitrogens with two attached hydrogens (primary N) is 1. The van der Waals surface area contributed by atoms with E-state index < -0.39 is 11.9 Å². The number of anilines is 2. The number of primary amides is 1. The maximum Gasteiger partial charge on any atom is 0.250 e. The molecule has 5 nitrogen and oxygen atoms in total. The topological polar surface area (TPSA) is 75.4 Å². The molecule has 0 saturated carbocycles. The van der Waals surface area contributed by atoms with Gasteiger partial charge >= 0.3 is 0 Å². The Morgan fingerprint density at radius 1 is 1.30 bits per heavy atom.